The minimum absolute atomic E-state index is 0.562. The van der Waals surface area contributed by atoms with E-state index in [0.717, 1.165) is 44.7 Å². The van der Waals surface area contributed by atoms with Crippen LogP contribution in [-0.2, 0) is 0 Å². The van der Waals surface area contributed by atoms with Crippen LogP contribution in [0.25, 0.3) is 44.7 Å². The monoisotopic (exact) mass is 416 g/mol. The van der Waals surface area contributed by atoms with E-state index in [1.54, 1.807) is 31.0 Å². The summed E-state index contributed by atoms with van der Waals surface area (Å²) in [5.74, 6) is 1.28. The van der Waals surface area contributed by atoms with E-state index in [-0.39, 0.29) is 0 Å². The molecule has 0 bridgehead atoms. The largest absolute Gasteiger partial charge is 0.436 e. The molecule has 32 heavy (non-hydrogen) atoms. The number of pyridine rings is 4. The van der Waals surface area contributed by atoms with Crippen LogP contribution in [-0.4, -0.2) is 24.9 Å². The average Bonchev–Trinajstić information content (AvgIpc) is 3.29. The zero-order valence-corrected chi connectivity index (χ0v) is 16.8. The van der Waals surface area contributed by atoms with Gasteiger partial charge in [0, 0.05) is 53.2 Å². The predicted molar refractivity (Wildman–Crippen MR) is 123 cm³/mol. The second-order valence-corrected chi connectivity index (χ2v) is 7.22. The molecule has 5 heterocycles. The zero-order chi connectivity index (χ0) is 21.3. The minimum atomic E-state index is 0.562. The lowest BCUT2D eigenvalue weighted by Crippen LogP contribution is -1.97. The maximum atomic E-state index is 5.91. The van der Waals surface area contributed by atoms with E-state index in [2.05, 4.69) is 25.3 Å². The van der Waals surface area contributed by atoms with Crippen LogP contribution in [0.15, 0.2) is 96.1 Å². The van der Waals surface area contributed by atoms with Gasteiger partial charge in [-0.05, 0) is 60.7 Å². The van der Waals surface area contributed by atoms with Gasteiger partial charge in [-0.3, -0.25) is 15.0 Å². The Morgan fingerprint density at radius 2 is 1.47 bits per heavy atom. The highest BCUT2D eigenvalue weighted by atomic mass is 16.3. The summed E-state index contributed by atoms with van der Waals surface area (Å²) in [6, 6.07) is 19.3. The molecule has 0 unspecified atom stereocenters. The van der Waals surface area contributed by atoms with Crippen molar-refractivity contribution in [2.75, 3.05) is 5.32 Å². The van der Waals surface area contributed by atoms with Crippen molar-refractivity contribution < 1.29 is 4.42 Å². The molecule has 0 fully saturated rings. The standard InChI is InChI=1S/C25H16N6O/c1-2-19-21(28-9-1)15-20(16-5-10-26-11-6-16)30-24(19)29-18-3-4-23-22(14-18)31-25(32-23)17-7-12-27-13-8-17/h1-15H,(H,29,30). The van der Waals surface area contributed by atoms with Gasteiger partial charge in [0.25, 0.3) is 0 Å². The third-order valence-electron chi connectivity index (χ3n) is 5.15. The van der Waals surface area contributed by atoms with E-state index in [1.165, 1.54) is 0 Å². The van der Waals surface area contributed by atoms with Crippen molar-refractivity contribution in [1.82, 2.24) is 24.9 Å². The number of fused-ring (bicyclic) bond motifs is 2. The van der Waals surface area contributed by atoms with Gasteiger partial charge in [-0.1, -0.05) is 0 Å². The van der Waals surface area contributed by atoms with Crippen LogP contribution in [0.2, 0.25) is 0 Å². The summed E-state index contributed by atoms with van der Waals surface area (Å²) in [7, 11) is 0. The number of anilines is 2. The molecule has 5 aromatic heterocycles. The van der Waals surface area contributed by atoms with Gasteiger partial charge in [0.2, 0.25) is 5.89 Å². The molecule has 1 N–H and O–H groups in total. The van der Waals surface area contributed by atoms with E-state index < -0.39 is 0 Å². The van der Waals surface area contributed by atoms with Crippen molar-refractivity contribution in [3.8, 4) is 22.7 Å². The first-order chi connectivity index (χ1) is 15.8. The molecule has 6 aromatic rings. The number of hydrogen-bond donors (Lipinski definition) is 1. The molecule has 0 atom stereocenters. The molecule has 6 rings (SSSR count). The van der Waals surface area contributed by atoms with Gasteiger partial charge >= 0.3 is 0 Å². The Morgan fingerprint density at radius 3 is 2.28 bits per heavy atom. The summed E-state index contributed by atoms with van der Waals surface area (Å²) in [5, 5.41) is 4.37. The third-order valence-corrected chi connectivity index (χ3v) is 5.15. The van der Waals surface area contributed by atoms with Crippen molar-refractivity contribution in [3.05, 3.63) is 91.6 Å². The summed E-state index contributed by atoms with van der Waals surface area (Å²) in [5.41, 5.74) is 5.88. The number of hydrogen-bond acceptors (Lipinski definition) is 7. The van der Waals surface area contributed by atoms with Gasteiger partial charge in [-0.25, -0.2) is 9.97 Å². The second-order valence-electron chi connectivity index (χ2n) is 7.22. The van der Waals surface area contributed by atoms with Gasteiger partial charge in [-0.2, -0.15) is 0 Å². The van der Waals surface area contributed by atoms with Gasteiger partial charge in [0.1, 0.15) is 11.3 Å². The van der Waals surface area contributed by atoms with Gasteiger partial charge in [-0.15, -0.1) is 0 Å². The number of oxazole rings is 1. The van der Waals surface area contributed by atoms with Crippen LogP contribution in [0.5, 0.6) is 0 Å². The molecular weight excluding hydrogens is 400 g/mol. The first-order valence-corrected chi connectivity index (χ1v) is 10.1. The first-order valence-electron chi connectivity index (χ1n) is 10.1. The van der Waals surface area contributed by atoms with Crippen LogP contribution in [0.1, 0.15) is 0 Å². The molecule has 1 aromatic carbocycles. The van der Waals surface area contributed by atoms with Crippen molar-refractivity contribution in [2.24, 2.45) is 0 Å². The molecule has 0 saturated carbocycles. The number of rotatable bonds is 4. The summed E-state index contributed by atoms with van der Waals surface area (Å²) in [6.07, 6.45) is 8.73. The number of nitrogens with one attached hydrogen (secondary N) is 1. The molecule has 7 nitrogen and oxygen atoms in total. The molecule has 0 aliphatic rings. The maximum Gasteiger partial charge on any atom is 0.227 e. The topological polar surface area (TPSA) is 89.6 Å². The normalized spacial score (nSPS) is 11.1. The van der Waals surface area contributed by atoms with Gasteiger partial charge in [0.05, 0.1) is 11.2 Å². The van der Waals surface area contributed by atoms with Crippen LogP contribution < -0.4 is 5.32 Å². The van der Waals surface area contributed by atoms with E-state index >= 15 is 0 Å². The molecule has 0 spiro atoms. The van der Waals surface area contributed by atoms with Crippen molar-refractivity contribution in [1.29, 1.82) is 0 Å². The number of nitrogens with zero attached hydrogens (tertiary/aromatic N) is 5. The fourth-order valence-corrected chi connectivity index (χ4v) is 3.60. The molecule has 0 aliphatic heterocycles. The summed E-state index contributed by atoms with van der Waals surface area (Å²) in [6.45, 7) is 0. The SMILES string of the molecule is c1cnc2cc(-c3ccncc3)nc(Nc3ccc4oc(-c5ccncc5)nc4c3)c2c1. The highest BCUT2D eigenvalue weighted by Crippen LogP contribution is 2.30. The fraction of sp³-hybridized carbons (Fsp3) is 0. The van der Waals surface area contributed by atoms with Crippen LogP contribution in [0, 0.1) is 0 Å². The van der Waals surface area contributed by atoms with Crippen LogP contribution in [0.4, 0.5) is 11.5 Å². The second kappa shape index (κ2) is 7.55. The minimum Gasteiger partial charge on any atom is -0.436 e. The lowest BCUT2D eigenvalue weighted by atomic mass is 10.1. The molecular formula is C25H16N6O. The number of benzene rings is 1. The number of aromatic nitrogens is 5. The van der Waals surface area contributed by atoms with E-state index in [1.807, 2.05) is 60.7 Å². The Labute approximate surface area is 182 Å². The highest BCUT2D eigenvalue weighted by Gasteiger charge is 2.12. The Bertz CT molecular complexity index is 1550. The third kappa shape index (κ3) is 3.31. The highest BCUT2D eigenvalue weighted by molar-refractivity contribution is 5.94. The van der Waals surface area contributed by atoms with Crippen molar-refractivity contribution >= 4 is 33.5 Å². The summed E-state index contributed by atoms with van der Waals surface area (Å²) in [4.78, 5) is 22.2. The molecule has 0 radical (unpaired) electrons. The van der Waals surface area contributed by atoms with Crippen LogP contribution in [0.3, 0.4) is 0 Å². The average molecular weight is 416 g/mol. The van der Waals surface area contributed by atoms with E-state index in [4.69, 9.17) is 9.40 Å². The quantitative estimate of drug-likeness (QED) is 0.398. The Balaban J connectivity index is 1.42. The zero-order valence-electron chi connectivity index (χ0n) is 16.8. The van der Waals surface area contributed by atoms with Gasteiger partial charge < -0.3 is 9.73 Å². The summed E-state index contributed by atoms with van der Waals surface area (Å²) >= 11 is 0. The Hall–Kier alpha value is -4.65. The van der Waals surface area contributed by atoms with Crippen LogP contribution >= 0.6 is 0 Å². The first kappa shape index (κ1) is 18.1. The lowest BCUT2D eigenvalue weighted by molar-refractivity contribution is 0.619. The molecule has 0 amide bonds. The van der Waals surface area contributed by atoms with E-state index in [0.29, 0.717) is 11.5 Å². The Morgan fingerprint density at radius 1 is 0.688 bits per heavy atom. The van der Waals surface area contributed by atoms with Gasteiger partial charge in [0.15, 0.2) is 5.58 Å². The smallest absolute Gasteiger partial charge is 0.227 e. The molecule has 7 heteroatoms. The fourth-order valence-electron chi connectivity index (χ4n) is 3.60. The van der Waals surface area contributed by atoms with Crippen molar-refractivity contribution in [3.63, 3.8) is 0 Å². The van der Waals surface area contributed by atoms with E-state index in [9.17, 15) is 0 Å². The summed E-state index contributed by atoms with van der Waals surface area (Å²) < 4.78 is 5.91. The molecule has 0 aliphatic carbocycles. The predicted octanol–water partition coefficient (Wildman–Crippen LogP) is 5.64. The Kier molecular flexibility index (Phi) is 4.28. The lowest BCUT2D eigenvalue weighted by Gasteiger charge is -2.11. The van der Waals surface area contributed by atoms with Crippen molar-refractivity contribution in [2.45, 2.75) is 0 Å². The maximum absolute atomic E-state index is 5.91. The molecule has 152 valence electrons. The molecule has 0 saturated heterocycles.